The minimum absolute atomic E-state index is 0.0192. The van der Waals surface area contributed by atoms with E-state index in [9.17, 15) is 14.3 Å². The lowest BCUT2D eigenvalue weighted by Gasteiger charge is -2.10. The SMILES string of the molecule is CC(CCNc1cccc(C#N)c1[N+](=O)[O-])S(C)=O. The van der Waals surface area contributed by atoms with Gasteiger partial charge in [-0.25, -0.2) is 0 Å². The van der Waals surface area contributed by atoms with Gasteiger partial charge in [0.1, 0.15) is 17.3 Å². The summed E-state index contributed by atoms with van der Waals surface area (Å²) in [7, 11) is -0.915. The third-order valence-corrected chi connectivity index (χ3v) is 4.14. The highest BCUT2D eigenvalue weighted by molar-refractivity contribution is 7.84. The normalized spacial score (nSPS) is 13.3. The van der Waals surface area contributed by atoms with Crippen LogP contribution in [0.25, 0.3) is 0 Å². The van der Waals surface area contributed by atoms with E-state index in [1.807, 2.05) is 6.92 Å². The highest BCUT2D eigenvalue weighted by Crippen LogP contribution is 2.27. The van der Waals surface area contributed by atoms with E-state index in [2.05, 4.69) is 5.32 Å². The lowest BCUT2D eigenvalue weighted by molar-refractivity contribution is -0.384. The van der Waals surface area contributed by atoms with Crippen LogP contribution in [0.3, 0.4) is 0 Å². The molecule has 0 amide bonds. The predicted molar refractivity (Wildman–Crippen MR) is 74.4 cm³/mol. The van der Waals surface area contributed by atoms with Gasteiger partial charge in [-0.1, -0.05) is 13.0 Å². The second kappa shape index (κ2) is 6.85. The fraction of sp³-hybridized carbons (Fsp3) is 0.417. The standard InChI is InChI=1S/C12H15N3O3S/c1-9(19(2)18)6-7-14-11-5-3-4-10(8-13)12(11)15(16)17/h3-5,9,14H,6-7H2,1-2H3. The summed E-state index contributed by atoms with van der Waals surface area (Å²) in [5.41, 5.74) is 0.135. The summed E-state index contributed by atoms with van der Waals surface area (Å²) < 4.78 is 11.2. The predicted octanol–water partition coefficient (Wildman–Crippen LogP) is 2.04. The fourth-order valence-corrected chi connectivity index (χ4v) is 2.00. The van der Waals surface area contributed by atoms with Gasteiger partial charge < -0.3 is 5.32 Å². The van der Waals surface area contributed by atoms with Crippen LogP contribution < -0.4 is 5.32 Å². The van der Waals surface area contributed by atoms with Crippen LogP contribution in [-0.4, -0.2) is 27.2 Å². The third kappa shape index (κ3) is 4.03. The van der Waals surface area contributed by atoms with Gasteiger partial charge >= 0.3 is 5.69 Å². The second-order valence-electron chi connectivity index (χ2n) is 4.10. The molecule has 0 bridgehead atoms. The number of nitrogens with one attached hydrogen (secondary N) is 1. The van der Waals surface area contributed by atoms with E-state index in [4.69, 9.17) is 5.26 Å². The van der Waals surface area contributed by atoms with Gasteiger partial charge in [0.2, 0.25) is 0 Å². The second-order valence-corrected chi connectivity index (χ2v) is 5.90. The van der Waals surface area contributed by atoms with Crippen molar-refractivity contribution in [3.05, 3.63) is 33.9 Å². The summed E-state index contributed by atoms with van der Waals surface area (Å²) in [6.45, 7) is 2.33. The molecule has 0 spiro atoms. The molecule has 2 atom stereocenters. The van der Waals surface area contributed by atoms with Crippen LogP contribution in [0, 0.1) is 21.4 Å². The number of nitro benzene ring substituents is 1. The Balaban J connectivity index is 2.82. The van der Waals surface area contributed by atoms with Gasteiger partial charge in [-0.15, -0.1) is 0 Å². The van der Waals surface area contributed by atoms with Gasteiger partial charge in [0.25, 0.3) is 0 Å². The van der Waals surface area contributed by atoms with Gasteiger partial charge in [0.15, 0.2) is 0 Å². The van der Waals surface area contributed by atoms with Crippen molar-refractivity contribution >= 4 is 22.2 Å². The Morgan fingerprint density at radius 2 is 2.26 bits per heavy atom. The molecule has 1 rings (SSSR count). The first kappa shape index (κ1) is 15.1. The molecule has 2 unspecified atom stereocenters. The van der Waals surface area contributed by atoms with Gasteiger partial charge in [0, 0.05) is 28.9 Å². The molecule has 19 heavy (non-hydrogen) atoms. The average Bonchev–Trinajstić information content (AvgIpc) is 2.37. The van der Waals surface area contributed by atoms with Gasteiger partial charge in [0.05, 0.1) is 4.92 Å². The molecule has 0 aromatic heterocycles. The number of benzene rings is 1. The number of nitro groups is 1. The Morgan fingerprint density at radius 3 is 2.79 bits per heavy atom. The Labute approximate surface area is 114 Å². The van der Waals surface area contributed by atoms with E-state index < -0.39 is 15.7 Å². The molecule has 0 radical (unpaired) electrons. The van der Waals surface area contributed by atoms with Gasteiger partial charge in [-0.05, 0) is 18.6 Å². The van der Waals surface area contributed by atoms with Crippen LogP contribution in [0.4, 0.5) is 11.4 Å². The molecule has 0 aliphatic heterocycles. The first-order valence-corrected chi connectivity index (χ1v) is 7.33. The van der Waals surface area contributed by atoms with Gasteiger partial charge in [-0.2, -0.15) is 5.26 Å². The molecule has 0 aliphatic carbocycles. The van der Waals surface area contributed by atoms with E-state index in [-0.39, 0.29) is 16.5 Å². The molecule has 6 nitrogen and oxygen atoms in total. The molecule has 0 heterocycles. The minimum atomic E-state index is -0.915. The number of nitrogens with zero attached hydrogens (tertiary/aromatic N) is 2. The van der Waals surface area contributed by atoms with E-state index >= 15 is 0 Å². The quantitative estimate of drug-likeness (QED) is 0.635. The zero-order valence-electron chi connectivity index (χ0n) is 10.8. The summed E-state index contributed by atoms with van der Waals surface area (Å²) in [4.78, 5) is 10.4. The minimum Gasteiger partial charge on any atom is -0.379 e. The van der Waals surface area contributed by atoms with Crippen molar-refractivity contribution in [2.75, 3.05) is 18.1 Å². The summed E-state index contributed by atoms with van der Waals surface area (Å²) in [6.07, 6.45) is 2.26. The van der Waals surface area contributed by atoms with Gasteiger partial charge in [-0.3, -0.25) is 14.3 Å². The fourth-order valence-electron chi connectivity index (χ4n) is 1.55. The van der Waals surface area contributed by atoms with Crippen molar-refractivity contribution in [1.29, 1.82) is 5.26 Å². The lowest BCUT2D eigenvalue weighted by Crippen LogP contribution is -2.15. The van der Waals surface area contributed by atoms with Crippen molar-refractivity contribution in [2.45, 2.75) is 18.6 Å². The molecule has 7 heteroatoms. The zero-order valence-corrected chi connectivity index (χ0v) is 11.6. The lowest BCUT2D eigenvalue weighted by atomic mass is 10.1. The smallest absolute Gasteiger partial charge is 0.309 e. The summed E-state index contributed by atoms with van der Waals surface area (Å²) >= 11 is 0. The van der Waals surface area contributed by atoms with E-state index in [1.54, 1.807) is 24.5 Å². The molecule has 0 aliphatic rings. The molecule has 0 saturated heterocycles. The number of rotatable bonds is 6. The maximum Gasteiger partial charge on any atom is 0.309 e. The molecule has 0 saturated carbocycles. The highest BCUT2D eigenvalue weighted by Gasteiger charge is 2.19. The largest absolute Gasteiger partial charge is 0.379 e. The Morgan fingerprint density at radius 1 is 1.58 bits per heavy atom. The molecule has 102 valence electrons. The number of para-hydroxylation sites is 1. The molecular formula is C12H15N3O3S. The van der Waals surface area contributed by atoms with E-state index in [0.717, 1.165) is 0 Å². The molecule has 1 aromatic carbocycles. The third-order valence-electron chi connectivity index (χ3n) is 2.77. The first-order chi connectivity index (χ1) is 8.97. The number of hydrogen-bond donors (Lipinski definition) is 1. The number of hydrogen-bond acceptors (Lipinski definition) is 5. The molecular weight excluding hydrogens is 266 g/mol. The Kier molecular flexibility index (Phi) is 5.45. The van der Waals surface area contributed by atoms with Crippen LogP contribution in [0.5, 0.6) is 0 Å². The van der Waals surface area contributed by atoms with E-state index in [1.165, 1.54) is 6.07 Å². The van der Waals surface area contributed by atoms with Crippen molar-refractivity contribution in [2.24, 2.45) is 0 Å². The monoisotopic (exact) mass is 281 g/mol. The van der Waals surface area contributed by atoms with Crippen LogP contribution in [0.15, 0.2) is 18.2 Å². The summed E-state index contributed by atoms with van der Waals surface area (Å²) in [5, 5.41) is 22.8. The highest BCUT2D eigenvalue weighted by atomic mass is 32.2. The maximum atomic E-state index is 11.2. The van der Waals surface area contributed by atoms with Crippen molar-refractivity contribution < 1.29 is 9.13 Å². The van der Waals surface area contributed by atoms with Crippen LogP contribution in [0.1, 0.15) is 18.9 Å². The van der Waals surface area contributed by atoms with Crippen LogP contribution in [0.2, 0.25) is 0 Å². The molecule has 0 fully saturated rings. The topological polar surface area (TPSA) is 96.0 Å². The van der Waals surface area contributed by atoms with E-state index in [0.29, 0.717) is 18.7 Å². The number of nitriles is 1. The van der Waals surface area contributed by atoms with Crippen LogP contribution >= 0.6 is 0 Å². The number of anilines is 1. The molecule has 1 N–H and O–H groups in total. The maximum absolute atomic E-state index is 11.2. The first-order valence-electron chi connectivity index (χ1n) is 5.71. The Bertz CT molecular complexity index is 540. The average molecular weight is 281 g/mol. The summed E-state index contributed by atoms with van der Waals surface area (Å²) in [5.74, 6) is 0. The Hall–Kier alpha value is -1.94. The molecule has 1 aromatic rings. The van der Waals surface area contributed by atoms with Crippen molar-refractivity contribution in [1.82, 2.24) is 0 Å². The zero-order chi connectivity index (χ0) is 14.4. The van der Waals surface area contributed by atoms with Crippen molar-refractivity contribution in [3.63, 3.8) is 0 Å². The van der Waals surface area contributed by atoms with Crippen molar-refractivity contribution in [3.8, 4) is 6.07 Å². The summed E-state index contributed by atoms with van der Waals surface area (Å²) in [6, 6.07) is 6.37. The van der Waals surface area contributed by atoms with Crippen LogP contribution in [-0.2, 0) is 10.8 Å².